The molecule has 1 unspecified atom stereocenters. The van der Waals surface area contributed by atoms with Crippen molar-refractivity contribution in [1.29, 1.82) is 0 Å². The number of hydrogen-bond donors (Lipinski definition) is 2. The van der Waals surface area contributed by atoms with Crippen molar-refractivity contribution < 1.29 is 22.4 Å². The molecular weight excluding hydrogens is 349 g/mol. The van der Waals surface area contributed by atoms with E-state index in [1.54, 1.807) is 11.8 Å². The zero-order valence-electron chi connectivity index (χ0n) is 13.9. The molecule has 0 spiro atoms. The number of primary amides is 1. The summed E-state index contributed by atoms with van der Waals surface area (Å²) in [6.07, 6.45) is 1.22. The minimum absolute atomic E-state index is 0.104. The van der Waals surface area contributed by atoms with Crippen molar-refractivity contribution in [3.63, 3.8) is 0 Å². The number of halogens is 1. The number of rotatable bonds is 6. The minimum Gasteiger partial charge on any atom is -0.369 e. The number of sulfonamides is 1. The topological polar surface area (TPSA) is 110 Å². The Labute approximate surface area is 146 Å². The third kappa shape index (κ3) is 4.76. The number of carbonyl (C=O) groups excluding carboxylic acids is 2. The standard InChI is InChI=1S/C16H22FN3O4S/c1-2-14(16(22)20-9-7-11(8-10-20)15(18)21)19-25(23,24)13-5-3-12(17)4-6-13/h3-6,11,14,19H,2,7-10H2,1H3,(H2,18,21). The van der Waals surface area contributed by atoms with Gasteiger partial charge in [0, 0.05) is 19.0 Å². The first kappa shape index (κ1) is 19.3. The van der Waals surface area contributed by atoms with Gasteiger partial charge in [0.15, 0.2) is 0 Å². The Bertz CT molecular complexity index is 728. The van der Waals surface area contributed by atoms with Crippen molar-refractivity contribution in [2.75, 3.05) is 13.1 Å². The van der Waals surface area contributed by atoms with Crippen molar-refractivity contribution >= 4 is 21.8 Å². The maximum absolute atomic E-state index is 13.0. The second kappa shape index (κ2) is 7.92. The molecule has 1 aliphatic heterocycles. The Balaban J connectivity index is 2.05. The van der Waals surface area contributed by atoms with E-state index in [4.69, 9.17) is 5.73 Å². The third-order valence-electron chi connectivity index (χ3n) is 4.34. The number of hydrogen-bond acceptors (Lipinski definition) is 4. The van der Waals surface area contributed by atoms with Crippen molar-refractivity contribution in [1.82, 2.24) is 9.62 Å². The Morgan fingerprint density at radius 2 is 1.84 bits per heavy atom. The molecule has 2 rings (SSSR count). The highest BCUT2D eigenvalue weighted by molar-refractivity contribution is 7.89. The SMILES string of the molecule is CCC(NS(=O)(=O)c1ccc(F)cc1)C(=O)N1CCC(C(N)=O)CC1. The molecule has 3 N–H and O–H groups in total. The van der Waals surface area contributed by atoms with Crippen LogP contribution in [0.1, 0.15) is 26.2 Å². The minimum atomic E-state index is -3.93. The van der Waals surface area contributed by atoms with E-state index in [-0.39, 0.29) is 29.0 Å². The molecule has 1 aliphatic rings. The lowest BCUT2D eigenvalue weighted by Gasteiger charge is -2.33. The fourth-order valence-corrected chi connectivity index (χ4v) is 4.05. The number of carbonyl (C=O) groups is 2. The van der Waals surface area contributed by atoms with Crippen LogP contribution in [-0.2, 0) is 19.6 Å². The predicted molar refractivity (Wildman–Crippen MR) is 89.3 cm³/mol. The van der Waals surface area contributed by atoms with Crippen LogP contribution < -0.4 is 10.5 Å². The van der Waals surface area contributed by atoms with Gasteiger partial charge in [0.05, 0.1) is 4.90 Å². The van der Waals surface area contributed by atoms with Crippen molar-refractivity contribution in [2.24, 2.45) is 11.7 Å². The van der Waals surface area contributed by atoms with Gasteiger partial charge in [-0.05, 0) is 43.5 Å². The molecule has 7 nitrogen and oxygen atoms in total. The lowest BCUT2D eigenvalue weighted by atomic mass is 9.96. The van der Waals surface area contributed by atoms with Crippen molar-refractivity contribution in [3.8, 4) is 0 Å². The molecule has 0 bridgehead atoms. The van der Waals surface area contributed by atoms with Crippen LogP contribution in [0.25, 0.3) is 0 Å². The van der Waals surface area contributed by atoms with Gasteiger partial charge in [-0.2, -0.15) is 4.72 Å². The molecule has 0 aromatic heterocycles. The molecule has 0 saturated carbocycles. The second-order valence-electron chi connectivity index (χ2n) is 6.04. The number of nitrogens with two attached hydrogens (primary N) is 1. The van der Waals surface area contributed by atoms with Crippen LogP contribution in [0.3, 0.4) is 0 Å². The Kier molecular flexibility index (Phi) is 6.12. The quantitative estimate of drug-likeness (QED) is 0.763. The van der Waals surface area contributed by atoms with Gasteiger partial charge >= 0.3 is 0 Å². The average molecular weight is 371 g/mol. The third-order valence-corrected chi connectivity index (χ3v) is 5.82. The number of piperidine rings is 1. The van der Waals surface area contributed by atoms with Gasteiger partial charge in [-0.25, -0.2) is 12.8 Å². The van der Waals surface area contributed by atoms with Crippen LogP contribution in [0.15, 0.2) is 29.2 Å². The van der Waals surface area contributed by atoms with Crippen LogP contribution in [0.5, 0.6) is 0 Å². The van der Waals surface area contributed by atoms with E-state index in [0.29, 0.717) is 25.9 Å². The number of nitrogens with one attached hydrogen (secondary N) is 1. The van der Waals surface area contributed by atoms with E-state index in [2.05, 4.69) is 4.72 Å². The van der Waals surface area contributed by atoms with Crippen LogP contribution in [0.2, 0.25) is 0 Å². The summed E-state index contributed by atoms with van der Waals surface area (Å²) in [5.74, 6) is -1.51. The van der Waals surface area contributed by atoms with Gasteiger partial charge in [-0.3, -0.25) is 9.59 Å². The van der Waals surface area contributed by atoms with Gasteiger partial charge < -0.3 is 10.6 Å². The smallest absolute Gasteiger partial charge is 0.241 e. The second-order valence-corrected chi connectivity index (χ2v) is 7.75. The molecule has 1 aromatic carbocycles. The van der Waals surface area contributed by atoms with Gasteiger partial charge in [0.25, 0.3) is 0 Å². The molecule has 0 radical (unpaired) electrons. The molecular formula is C16H22FN3O4S. The molecule has 1 heterocycles. The normalized spacial score (nSPS) is 17.3. The fraction of sp³-hybridized carbons (Fsp3) is 0.500. The maximum atomic E-state index is 13.0. The molecule has 25 heavy (non-hydrogen) atoms. The van der Waals surface area contributed by atoms with Crippen LogP contribution >= 0.6 is 0 Å². The molecule has 1 fully saturated rings. The lowest BCUT2D eigenvalue weighted by Crippen LogP contribution is -2.51. The van der Waals surface area contributed by atoms with Crippen LogP contribution in [-0.4, -0.2) is 44.3 Å². The highest BCUT2D eigenvalue weighted by atomic mass is 32.2. The van der Waals surface area contributed by atoms with E-state index in [1.807, 2.05) is 0 Å². The van der Waals surface area contributed by atoms with Gasteiger partial charge in [-0.15, -0.1) is 0 Å². The monoisotopic (exact) mass is 371 g/mol. The van der Waals surface area contributed by atoms with Gasteiger partial charge in [0.2, 0.25) is 21.8 Å². The molecule has 1 aromatic rings. The highest BCUT2D eigenvalue weighted by Crippen LogP contribution is 2.18. The Morgan fingerprint density at radius 3 is 2.32 bits per heavy atom. The predicted octanol–water partition coefficient (Wildman–Crippen LogP) is 0.607. The summed E-state index contributed by atoms with van der Waals surface area (Å²) in [4.78, 5) is 25.2. The molecule has 9 heteroatoms. The molecule has 0 aliphatic carbocycles. The van der Waals surface area contributed by atoms with Crippen LogP contribution in [0, 0.1) is 11.7 Å². The summed E-state index contributed by atoms with van der Waals surface area (Å²) < 4.78 is 40.1. The summed E-state index contributed by atoms with van der Waals surface area (Å²) in [7, 11) is -3.93. The first-order valence-corrected chi connectivity index (χ1v) is 9.59. The highest BCUT2D eigenvalue weighted by Gasteiger charge is 2.31. The zero-order chi connectivity index (χ0) is 18.6. The van der Waals surface area contributed by atoms with E-state index in [9.17, 15) is 22.4 Å². The summed E-state index contributed by atoms with van der Waals surface area (Å²) in [5.41, 5.74) is 5.27. The first-order valence-electron chi connectivity index (χ1n) is 8.10. The first-order chi connectivity index (χ1) is 11.7. The van der Waals surface area contributed by atoms with Crippen LogP contribution in [0.4, 0.5) is 4.39 Å². The Morgan fingerprint density at radius 1 is 1.28 bits per heavy atom. The number of amides is 2. The van der Waals surface area contributed by atoms with Gasteiger partial charge in [0.1, 0.15) is 11.9 Å². The van der Waals surface area contributed by atoms with Crippen molar-refractivity contribution in [2.45, 2.75) is 37.1 Å². The average Bonchev–Trinajstić information content (AvgIpc) is 2.59. The summed E-state index contributed by atoms with van der Waals surface area (Å²) in [5, 5.41) is 0. The number of nitrogens with zero attached hydrogens (tertiary/aromatic N) is 1. The maximum Gasteiger partial charge on any atom is 0.241 e. The summed E-state index contributed by atoms with van der Waals surface area (Å²) in [6, 6.07) is 3.47. The molecule has 138 valence electrons. The van der Waals surface area contributed by atoms with E-state index < -0.39 is 21.9 Å². The molecule has 1 saturated heterocycles. The number of benzene rings is 1. The van der Waals surface area contributed by atoms with E-state index >= 15 is 0 Å². The Hall–Kier alpha value is -2.00. The number of likely N-dealkylation sites (tertiary alicyclic amines) is 1. The zero-order valence-corrected chi connectivity index (χ0v) is 14.8. The van der Waals surface area contributed by atoms with E-state index in [1.165, 1.54) is 0 Å². The summed E-state index contributed by atoms with van der Waals surface area (Å²) >= 11 is 0. The van der Waals surface area contributed by atoms with Crippen molar-refractivity contribution in [3.05, 3.63) is 30.1 Å². The van der Waals surface area contributed by atoms with E-state index in [0.717, 1.165) is 24.3 Å². The molecule has 1 atom stereocenters. The largest absolute Gasteiger partial charge is 0.369 e. The molecule has 2 amide bonds. The van der Waals surface area contributed by atoms with Gasteiger partial charge in [-0.1, -0.05) is 6.92 Å². The summed E-state index contributed by atoms with van der Waals surface area (Å²) in [6.45, 7) is 2.42. The lowest BCUT2D eigenvalue weighted by molar-refractivity contribution is -0.136. The fourth-order valence-electron chi connectivity index (χ4n) is 2.78.